The van der Waals surface area contributed by atoms with Crippen molar-refractivity contribution in [2.45, 2.75) is 24.8 Å². The van der Waals surface area contributed by atoms with Gasteiger partial charge in [0.2, 0.25) is 0 Å². The zero-order valence-corrected chi connectivity index (χ0v) is 14.5. The normalized spacial score (nSPS) is 11.1. The first-order valence-corrected chi connectivity index (χ1v) is 8.87. The Morgan fingerprint density at radius 3 is 2.60 bits per heavy atom. The number of benzene rings is 1. The van der Waals surface area contributed by atoms with E-state index in [4.69, 9.17) is 9.84 Å². The van der Waals surface area contributed by atoms with Crippen LogP contribution in [0.1, 0.15) is 12.5 Å². The average Bonchev–Trinajstić information content (AvgIpc) is 2.55. The fourth-order valence-electron chi connectivity index (χ4n) is 2.28. The molecule has 2 N–H and O–H groups in total. The van der Waals surface area contributed by atoms with Gasteiger partial charge in [-0.05, 0) is 31.2 Å². The summed E-state index contributed by atoms with van der Waals surface area (Å²) in [5.41, 5.74) is 0.243. The number of nitrogens with zero attached hydrogens (tertiary/aromatic N) is 1. The molecule has 0 fully saturated rings. The Hall–Kier alpha value is -2.81. The van der Waals surface area contributed by atoms with E-state index >= 15 is 0 Å². The van der Waals surface area contributed by atoms with Crippen molar-refractivity contribution in [3.8, 4) is 5.75 Å². The summed E-state index contributed by atoms with van der Waals surface area (Å²) in [6, 6.07) is 6.62. The Morgan fingerprint density at radius 1 is 1.28 bits per heavy atom. The van der Waals surface area contributed by atoms with Crippen LogP contribution in [0.5, 0.6) is 5.75 Å². The number of aliphatic carboxylic acids is 1. The molecule has 25 heavy (non-hydrogen) atoms. The Kier molecular flexibility index (Phi) is 5.48. The molecule has 0 unspecified atom stereocenters. The molecular formula is C16H18N2O6S. The molecule has 0 radical (unpaired) electrons. The number of rotatable bonds is 7. The standard InChI is InChI=1S/C16H18N2O6S/c1-3-18-10-12(4-7-15(18)19)17-25(22,23)13-5-6-14(24-2)11(8-13)9-16(20)21/h4-8,10,17H,3,9H2,1-2H3,(H,20,21). The van der Waals surface area contributed by atoms with Gasteiger partial charge < -0.3 is 14.4 Å². The van der Waals surface area contributed by atoms with E-state index in [0.717, 1.165) is 0 Å². The van der Waals surface area contributed by atoms with Crippen molar-refractivity contribution < 1.29 is 23.1 Å². The highest BCUT2D eigenvalue weighted by Crippen LogP contribution is 2.24. The molecule has 0 saturated heterocycles. The summed E-state index contributed by atoms with van der Waals surface area (Å²) in [4.78, 5) is 22.4. The summed E-state index contributed by atoms with van der Waals surface area (Å²) >= 11 is 0. The average molecular weight is 366 g/mol. The topological polar surface area (TPSA) is 115 Å². The molecule has 9 heteroatoms. The zero-order chi connectivity index (χ0) is 18.6. The van der Waals surface area contributed by atoms with Crippen LogP contribution in [-0.2, 0) is 27.8 Å². The highest BCUT2D eigenvalue weighted by atomic mass is 32.2. The molecule has 8 nitrogen and oxygen atoms in total. The molecule has 1 aromatic heterocycles. The molecule has 2 rings (SSSR count). The van der Waals surface area contributed by atoms with E-state index in [1.54, 1.807) is 6.92 Å². The number of ether oxygens (including phenoxy) is 1. The lowest BCUT2D eigenvalue weighted by Crippen LogP contribution is -2.20. The zero-order valence-electron chi connectivity index (χ0n) is 13.7. The number of carbonyl (C=O) groups is 1. The van der Waals surface area contributed by atoms with Gasteiger partial charge in [0.25, 0.3) is 15.6 Å². The summed E-state index contributed by atoms with van der Waals surface area (Å²) in [7, 11) is -2.57. The lowest BCUT2D eigenvalue weighted by Gasteiger charge is -2.12. The highest BCUT2D eigenvalue weighted by molar-refractivity contribution is 7.92. The van der Waals surface area contributed by atoms with E-state index in [-0.39, 0.29) is 28.1 Å². The van der Waals surface area contributed by atoms with E-state index in [1.807, 2.05) is 0 Å². The molecule has 0 atom stereocenters. The second-order valence-corrected chi connectivity index (χ2v) is 6.87. The first-order chi connectivity index (χ1) is 11.8. The second-order valence-electron chi connectivity index (χ2n) is 5.19. The summed E-state index contributed by atoms with van der Waals surface area (Å²) in [6.45, 7) is 2.17. The van der Waals surface area contributed by atoms with Crippen LogP contribution in [-0.4, -0.2) is 31.2 Å². The third-order valence-corrected chi connectivity index (χ3v) is 4.86. The quantitative estimate of drug-likeness (QED) is 0.763. The molecule has 1 heterocycles. The molecule has 0 aliphatic carbocycles. The molecule has 0 spiro atoms. The number of hydrogen-bond acceptors (Lipinski definition) is 5. The maximum Gasteiger partial charge on any atom is 0.307 e. The Morgan fingerprint density at radius 2 is 2.00 bits per heavy atom. The van der Waals surface area contributed by atoms with Crippen molar-refractivity contribution in [1.29, 1.82) is 0 Å². The van der Waals surface area contributed by atoms with Gasteiger partial charge in [-0.15, -0.1) is 0 Å². The van der Waals surface area contributed by atoms with Crippen molar-refractivity contribution in [2.24, 2.45) is 0 Å². The van der Waals surface area contributed by atoms with Gasteiger partial charge in [0.15, 0.2) is 0 Å². The Balaban J connectivity index is 2.39. The van der Waals surface area contributed by atoms with Crippen molar-refractivity contribution in [3.63, 3.8) is 0 Å². The van der Waals surface area contributed by atoms with Gasteiger partial charge in [-0.1, -0.05) is 0 Å². The number of aryl methyl sites for hydroxylation is 1. The summed E-state index contributed by atoms with van der Waals surface area (Å²) in [5, 5.41) is 8.95. The minimum Gasteiger partial charge on any atom is -0.496 e. The van der Waals surface area contributed by atoms with Crippen molar-refractivity contribution >= 4 is 21.7 Å². The van der Waals surface area contributed by atoms with Crippen LogP contribution in [0.15, 0.2) is 46.2 Å². The number of aromatic nitrogens is 1. The molecule has 0 amide bonds. The second kappa shape index (κ2) is 7.39. The third kappa shape index (κ3) is 4.38. The summed E-state index contributed by atoms with van der Waals surface area (Å²) in [5.74, 6) is -0.809. The lowest BCUT2D eigenvalue weighted by atomic mass is 10.1. The van der Waals surface area contributed by atoms with Crippen LogP contribution in [0.25, 0.3) is 0 Å². The SMILES string of the molecule is CCn1cc(NS(=O)(=O)c2ccc(OC)c(CC(=O)O)c2)ccc1=O. The van der Waals surface area contributed by atoms with Gasteiger partial charge in [-0.2, -0.15) is 0 Å². The number of hydrogen-bond donors (Lipinski definition) is 2. The van der Waals surface area contributed by atoms with Gasteiger partial charge in [0, 0.05) is 24.4 Å². The van der Waals surface area contributed by atoms with Gasteiger partial charge >= 0.3 is 5.97 Å². The van der Waals surface area contributed by atoms with E-state index in [0.29, 0.717) is 12.3 Å². The van der Waals surface area contributed by atoms with Crippen molar-refractivity contribution in [2.75, 3.05) is 11.8 Å². The molecule has 0 bridgehead atoms. The number of pyridine rings is 1. The monoisotopic (exact) mass is 366 g/mol. The van der Waals surface area contributed by atoms with Crippen LogP contribution in [0.3, 0.4) is 0 Å². The van der Waals surface area contributed by atoms with E-state index in [1.165, 1.54) is 48.2 Å². The summed E-state index contributed by atoms with van der Waals surface area (Å²) in [6.07, 6.45) is 1.04. The van der Waals surface area contributed by atoms with Crippen LogP contribution in [0, 0.1) is 0 Å². The number of carboxylic acid groups (broad SMARTS) is 1. The molecule has 134 valence electrons. The lowest BCUT2D eigenvalue weighted by molar-refractivity contribution is -0.136. The van der Waals surface area contributed by atoms with Crippen LogP contribution >= 0.6 is 0 Å². The van der Waals surface area contributed by atoms with Gasteiger partial charge in [-0.25, -0.2) is 8.42 Å². The number of nitrogens with one attached hydrogen (secondary N) is 1. The van der Waals surface area contributed by atoms with Crippen molar-refractivity contribution in [1.82, 2.24) is 4.57 Å². The minimum absolute atomic E-state index is 0.0983. The first-order valence-electron chi connectivity index (χ1n) is 7.39. The molecular weight excluding hydrogens is 348 g/mol. The third-order valence-electron chi connectivity index (χ3n) is 3.48. The smallest absolute Gasteiger partial charge is 0.307 e. The fraction of sp³-hybridized carbons (Fsp3) is 0.250. The van der Waals surface area contributed by atoms with Crippen LogP contribution in [0.4, 0.5) is 5.69 Å². The maximum atomic E-state index is 12.5. The molecule has 0 saturated carbocycles. The van der Waals surface area contributed by atoms with E-state index in [9.17, 15) is 18.0 Å². The number of methoxy groups -OCH3 is 1. The number of sulfonamides is 1. The molecule has 0 aliphatic rings. The minimum atomic E-state index is -3.95. The Bertz CT molecular complexity index is 949. The first kappa shape index (κ1) is 18.5. The fourth-order valence-corrected chi connectivity index (χ4v) is 3.37. The molecule has 0 aliphatic heterocycles. The van der Waals surface area contributed by atoms with Crippen LogP contribution in [0.2, 0.25) is 0 Å². The Labute approximate surface area is 144 Å². The van der Waals surface area contributed by atoms with Crippen molar-refractivity contribution in [3.05, 3.63) is 52.4 Å². The van der Waals surface area contributed by atoms with E-state index in [2.05, 4.69) is 4.72 Å². The van der Waals surface area contributed by atoms with E-state index < -0.39 is 16.0 Å². The highest BCUT2D eigenvalue weighted by Gasteiger charge is 2.18. The summed E-state index contributed by atoms with van der Waals surface area (Å²) < 4.78 is 33.9. The predicted molar refractivity (Wildman–Crippen MR) is 91.5 cm³/mol. The van der Waals surface area contributed by atoms with Gasteiger partial charge in [0.1, 0.15) is 5.75 Å². The van der Waals surface area contributed by atoms with Crippen LogP contribution < -0.4 is 15.0 Å². The van der Waals surface area contributed by atoms with Gasteiger partial charge in [0.05, 0.1) is 24.1 Å². The maximum absolute atomic E-state index is 12.5. The largest absolute Gasteiger partial charge is 0.496 e. The number of carboxylic acids is 1. The van der Waals surface area contributed by atoms with Gasteiger partial charge in [-0.3, -0.25) is 14.3 Å². The molecule has 2 aromatic rings. The molecule has 1 aromatic carbocycles. The predicted octanol–water partition coefficient (Wildman–Crippen LogP) is 1.30. The number of anilines is 1.